The van der Waals surface area contributed by atoms with Crippen LogP contribution in [0.25, 0.3) is 11.4 Å². The summed E-state index contributed by atoms with van der Waals surface area (Å²) < 4.78 is 5.52. The quantitative estimate of drug-likeness (QED) is 0.747. The van der Waals surface area contributed by atoms with Gasteiger partial charge >= 0.3 is 6.03 Å². The smallest absolute Gasteiger partial charge is 0.321 e. The first kappa shape index (κ1) is 17.3. The van der Waals surface area contributed by atoms with E-state index in [4.69, 9.17) is 4.52 Å². The normalized spacial score (nSPS) is 16.9. The Morgan fingerprint density at radius 2 is 1.93 bits per heavy atom. The molecule has 1 N–H and O–H groups in total. The molecule has 4 rings (SSSR count). The van der Waals surface area contributed by atoms with Crippen molar-refractivity contribution >= 4 is 11.7 Å². The molecule has 0 bridgehead atoms. The summed E-state index contributed by atoms with van der Waals surface area (Å²) in [7, 11) is 0. The van der Waals surface area contributed by atoms with Crippen molar-refractivity contribution in [2.45, 2.75) is 25.7 Å². The lowest BCUT2D eigenvalue weighted by Gasteiger charge is -2.31. The van der Waals surface area contributed by atoms with Crippen LogP contribution in [0.3, 0.4) is 0 Å². The van der Waals surface area contributed by atoms with Gasteiger partial charge < -0.3 is 14.7 Å². The van der Waals surface area contributed by atoms with Gasteiger partial charge in [-0.1, -0.05) is 53.2 Å². The van der Waals surface area contributed by atoms with Crippen molar-refractivity contribution in [1.82, 2.24) is 15.0 Å². The standard InChI is InChI=1S/C21H22N4O2/c1-15-9-11-16(12-10-15)19-23-20(27-24-19)17-6-5-13-25(14-17)21(26)22-18-7-3-2-4-8-18/h2-4,7-12,17H,5-6,13-14H2,1H3,(H,22,26). The van der Waals surface area contributed by atoms with E-state index in [0.717, 1.165) is 30.6 Å². The topological polar surface area (TPSA) is 71.3 Å². The average molecular weight is 362 g/mol. The number of carbonyl (C=O) groups excluding carboxylic acids is 1. The van der Waals surface area contributed by atoms with E-state index in [-0.39, 0.29) is 11.9 Å². The third-order valence-electron chi connectivity index (χ3n) is 4.83. The van der Waals surface area contributed by atoms with Crippen LogP contribution in [0, 0.1) is 6.92 Å². The number of benzene rings is 2. The molecule has 2 heterocycles. The van der Waals surface area contributed by atoms with Crippen LogP contribution in [0.4, 0.5) is 10.5 Å². The van der Waals surface area contributed by atoms with Crippen molar-refractivity contribution in [3.63, 3.8) is 0 Å². The van der Waals surface area contributed by atoms with E-state index >= 15 is 0 Å². The van der Waals surface area contributed by atoms with E-state index in [0.29, 0.717) is 18.3 Å². The number of anilines is 1. The maximum atomic E-state index is 12.6. The molecule has 1 aliphatic rings. The number of amides is 2. The SMILES string of the molecule is Cc1ccc(-c2noc(C3CCCN(C(=O)Nc4ccccc4)C3)n2)cc1. The summed E-state index contributed by atoms with van der Waals surface area (Å²) in [5.74, 6) is 1.26. The molecule has 6 nitrogen and oxygen atoms in total. The molecule has 0 saturated carbocycles. The predicted octanol–water partition coefficient (Wildman–Crippen LogP) is 4.46. The largest absolute Gasteiger partial charge is 0.339 e. The Bertz CT molecular complexity index is 905. The van der Waals surface area contributed by atoms with Gasteiger partial charge in [-0.25, -0.2) is 4.79 Å². The Labute approximate surface area is 158 Å². The Kier molecular flexibility index (Phi) is 4.87. The number of hydrogen-bond donors (Lipinski definition) is 1. The summed E-state index contributed by atoms with van der Waals surface area (Å²) >= 11 is 0. The highest BCUT2D eigenvalue weighted by Gasteiger charge is 2.28. The zero-order valence-electron chi connectivity index (χ0n) is 15.3. The Hall–Kier alpha value is -3.15. The van der Waals surface area contributed by atoms with Gasteiger partial charge in [0, 0.05) is 24.3 Å². The zero-order chi connectivity index (χ0) is 18.6. The van der Waals surface area contributed by atoms with Crippen molar-refractivity contribution in [2.24, 2.45) is 0 Å². The van der Waals surface area contributed by atoms with Crippen LogP contribution >= 0.6 is 0 Å². The second-order valence-electron chi connectivity index (χ2n) is 6.90. The van der Waals surface area contributed by atoms with Gasteiger partial charge in [0.05, 0.1) is 5.92 Å². The average Bonchev–Trinajstić information content (AvgIpc) is 3.20. The third-order valence-corrected chi connectivity index (χ3v) is 4.83. The Balaban J connectivity index is 1.44. The van der Waals surface area contributed by atoms with E-state index in [9.17, 15) is 4.79 Å². The molecular formula is C21H22N4O2. The monoisotopic (exact) mass is 362 g/mol. The molecule has 1 atom stereocenters. The van der Waals surface area contributed by atoms with Crippen LogP contribution in [0.1, 0.15) is 30.2 Å². The first-order chi connectivity index (χ1) is 13.2. The van der Waals surface area contributed by atoms with Crippen molar-refractivity contribution in [3.05, 3.63) is 66.1 Å². The molecule has 6 heteroatoms. The number of urea groups is 1. The number of aromatic nitrogens is 2. The third kappa shape index (κ3) is 4.00. The molecule has 0 radical (unpaired) electrons. The van der Waals surface area contributed by atoms with Gasteiger partial charge in [-0.15, -0.1) is 0 Å². The fraction of sp³-hybridized carbons (Fsp3) is 0.286. The first-order valence-electron chi connectivity index (χ1n) is 9.20. The first-order valence-corrected chi connectivity index (χ1v) is 9.20. The number of piperidine rings is 1. The summed E-state index contributed by atoms with van der Waals surface area (Å²) in [6, 6.07) is 17.4. The van der Waals surface area contributed by atoms with E-state index in [2.05, 4.69) is 15.5 Å². The lowest BCUT2D eigenvalue weighted by atomic mass is 9.98. The summed E-state index contributed by atoms with van der Waals surface area (Å²) in [5, 5.41) is 7.06. The molecular weight excluding hydrogens is 340 g/mol. The number of hydrogen-bond acceptors (Lipinski definition) is 4. The molecule has 27 heavy (non-hydrogen) atoms. The maximum Gasteiger partial charge on any atom is 0.321 e. The van der Waals surface area contributed by atoms with Crippen LogP contribution in [-0.2, 0) is 0 Å². The van der Waals surface area contributed by atoms with Crippen LogP contribution in [-0.4, -0.2) is 34.2 Å². The second-order valence-corrected chi connectivity index (χ2v) is 6.90. The summed E-state index contributed by atoms with van der Waals surface area (Å²) in [4.78, 5) is 18.9. The number of nitrogens with zero attached hydrogens (tertiary/aromatic N) is 3. The highest BCUT2D eigenvalue weighted by molar-refractivity contribution is 5.89. The number of para-hydroxylation sites is 1. The second kappa shape index (κ2) is 7.61. The van der Waals surface area contributed by atoms with Crippen LogP contribution in [0.5, 0.6) is 0 Å². The molecule has 0 spiro atoms. The van der Waals surface area contributed by atoms with E-state index in [1.807, 2.05) is 66.4 Å². The molecule has 1 saturated heterocycles. The minimum Gasteiger partial charge on any atom is -0.339 e. The fourth-order valence-electron chi connectivity index (χ4n) is 3.31. The minimum absolute atomic E-state index is 0.0620. The van der Waals surface area contributed by atoms with E-state index in [1.54, 1.807) is 0 Å². The fourth-order valence-corrected chi connectivity index (χ4v) is 3.31. The molecule has 1 aliphatic heterocycles. The lowest BCUT2D eigenvalue weighted by Crippen LogP contribution is -2.41. The van der Waals surface area contributed by atoms with Gasteiger partial charge in [-0.05, 0) is 31.9 Å². The van der Waals surface area contributed by atoms with Crippen molar-refractivity contribution < 1.29 is 9.32 Å². The summed E-state index contributed by atoms with van der Waals surface area (Å²) in [6.45, 7) is 3.35. The number of likely N-dealkylation sites (tertiary alicyclic amines) is 1. The van der Waals surface area contributed by atoms with Crippen LogP contribution < -0.4 is 5.32 Å². The van der Waals surface area contributed by atoms with Crippen molar-refractivity contribution in [3.8, 4) is 11.4 Å². The lowest BCUT2D eigenvalue weighted by molar-refractivity contribution is 0.184. The molecule has 3 aromatic rings. The van der Waals surface area contributed by atoms with Crippen LogP contribution in [0.15, 0.2) is 59.1 Å². The number of carbonyl (C=O) groups is 1. The van der Waals surface area contributed by atoms with Gasteiger partial charge in [-0.3, -0.25) is 0 Å². The van der Waals surface area contributed by atoms with Gasteiger partial charge in [0.1, 0.15) is 0 Å². The van der Waals surface area contributed by atoms with Crippen LogP contribution in [0.2, 0.25) is 0 Å². The molecule has 1 fully saturated rings. The Morgan fingerprint density at radius 3 is 2.70 bits per heavy atom. The molecule has 0 aliphatic carbocycles. The number of aryl methyl sites for hydroxylation is 1. The molecule has 2 aromatic carbocycles. The van der Waals surface area contributed by atoms with Gasteiger partial charge in [0.15, 0.2) is 0 Å². The minimum atomic E-state index is -0.0934. The summed E-state index contributed by atoms with van der Waals surface area (Å²) in [6.07, 6.45) is 1.85. The predicted molar refractivity (Wildman–Crippen MR) is 103 cm³/mol. The molecule has 138 valence electrons. The zero-order valence-corrected chi connectivity index (χ0v) is 15.3. The van der Waals surface area contributed by atoms with E-state index < -0.39 is 0 Å². The van der Waals surface area contributed by atoms with Gasteiger partial charge in [0.2, 0.25) is 11.7 Å². The molecule has 1 aromatic heterocycles. The number of nitrogens with one attached hydrogen (secondary N) is 1. The van der Waals surface area contributed by atoms with Gasteiger partial charge in [-0.2, -0.15) is 4.98 Å². The van der Waals surface area contributed by atoms with E-state index in [1.165, 1.54) is 5.56 Å². The molecule has 2 amide bonds. The Morgan fingerprint density at radius 1 is 1.15 bits per heavy atom. The maximum absolute atomic E-state index is 12.6. The van der Waals surface area contributed by atoms with Crippen molar-refractivity contribution in [2.75, 3.05) is 18.4 Å². The summed E-state index contributed by atoms with van der Waals surface area (Å²) in [5.41, 5.74) is 2.92. The molecule has 1 unspecified atom stereocenters. The van der Waals surface area contributed by atoms with Crippen molar-refractivity contribution in [1.29, 1.82) is 0 Å². The van der Waals surface area contributed by atoms with Gasteiger partial charge in [0.25, 0.3) is 0 Å². The highest BCUT2D eigenvalue weighted by Crippen LogP contribution is 2.28. The highest BCUT2D eigenvalue weighted by atomic mass is 16.5. The number of rotatable bonds is 3.